The summed E-state index contributed by atoms with van der Waals surface area (Å²) in [6.45, 7) is 7.03. The second kappa shape index (κ2) is 6.54. The SMILES string of the molecule is CC(C)(C)NCc1ccc(Sc2ccc(F)cc2F)nc1. The van der Waals surface area contributed by atoms with Crippen molar-refractivity contribution in [3.8, 4) is 0 Å². The predicted molar refractivity (Wildman–Crippen MR) is 81.3 cm³/mol. The Morgan fingerprint density at radius 1 is 1.14 bits per heavy atom. The molecule has 0 saturated carbocycles. The number of nitrogens with one attached hydrogen (secondary N) is 1. The molecule has 1 N–H and O–H groups in total. The first-order valence-corrected chi connectivity index (χ1v) is 7.48. The molecule has 0 aliphatic heterocycles. The van der Waals surface area contributed by atoms with Crippen LogP contribution in [0.15, 0.2) is 46.5 Å². The van der Waals surface area contributed by atoms with E-state index in [1.165, 1.54) is 23.9 Å². The average molecular weight is 308 g/mol. The topological polar surface area (TPSA) is 24.9 Å². The standard InChI is InChI=1S/C16H18F2N2S/c1-16(2,3)20-10-11-4-7-15(19-9-11)21-14-6-5-12(17)8-13(14)18/h4-9,20H,10H2,1-3H3. The first-order chi connectivity index (χ1) is 9.83. The minimum atomic E-state index is -0.576. The Balaban J connectivity index is 2.02. The van der Waals surface area contributed by atoms with Crippen LogP contribution in [0.4, 0.5) is 8.78 Å². The van der Waals surface area contributed by atoms with Gasteiger partial charge in [0.2, 0.25) is 0 Å². The minimum Gasteiger partial charge on any atom is -0.308 e. The normalized spacial score (nSPS) is 11.7. The third kappa shape index (κ3) is 5.10. The van der Waals surface area contributed by atoms with E-state index in [9.17, 15) is 8.78 Å². The first kappa shape index (κ1) is 15.9. The summed E-state index contributed by atoms with van der Waals surface area (Å²) in [5, 5.41) is 4.05. The highest BCUT2D eigenvalue weighted by Crippen LogP contribution is 2.28. The number of hydrogen-bond donors (Lipinski definition) is 1. The summed E-state index contributed by atoms with van der Waals surface area (Å²) in [6.07, 6.45) is 1.77. The molecule has 2 rings (SSSR count). The number of benzene rings is 1. The van der Waals surface area contributed by atoms with Crippen LogP contribution in [0.2, 0.25) is 0 Å². The van der Waals surface area contributed by atoms with Gasteiger partial charge in [0.05, 0.1) is 0 Å². The van der Waals surface area contributed by atoms with Gasteiger partial charge < -0.3 is 5.32 Å². The van der Waals surface area contributed by atoms with Gasteiger partial charge in [-0.05, 0) is 44.5 Å². The second-order valence-electron chi connectivity index (χ2n) is 5.79. The Hall–Kier alpha value is -1.46. The second-order valence-corrected chi connectivity index (χ2v) is 6.85. The van der Waals surface area contributed by atoms with Crippen LogP contribution in [0, 0.1) is 11.6 Å². The van der Waals surface area contributed by atoms with E-state index in [1.807, 2.05) is 12.1 Å². The molecule has 0 aliphatic rings. The van der Waals surface area contributed by atoms with E-state index in [1.54, 1.807) is 6.20 Å². The maximum Gasteiger partial charge on any atom is 0.140 e. The zero-order valence-electron chi connectivity index (χ0n) is 12.3. The molecule has 2 nitrogen and oxygen atoms in total. The number of nitrogens with zero attached hydrogens (tertiary/aromatic N) is 1. The van der Waals surface area contributed by atoms with Crippen LogP contribution >= 0.6 is 11.8 Å². The molecular weight excluding hydrogens is 290 g/mol. The van der Waals surface area contributed by atoms with Crippen LogP contribution in [0.1, 0.15) is 26.3 Å². The van der Waals surface area contributed by atoms with E-state index >= 15 is 0 Å². The smallest absolute Gasteiger partial charge is 0.140 e. The van der Waals surface area contributed by atoms with Crippen molar-refractivity contribution < 1.29 is 8.78 Å². The molecule has 1 heterocycles. The minimum absolute atomic E-state index is 0.0463. The van der Waals surface area contributed by atoms with Crippen LogP contribution < -0.4 is 5.32 Å². The van der Waals surface area contributed by atoms with Gasteiger partial charge in [-0.2, -0.15) is 0 Å². The highest BCUT2D eigenvalue weighted by atomic mass is 32.2. The highest BCUT2D eigenvalue weighted by Gasteiger charge is 2.09. The van der Waals surface area contributed by atoms with E-state index in [0.717, 1.165) is 18.2 Å². The molecular formula is C16H18F2N2S. The predicted octanol–water partition coefficient (Wildman–Crippen LogP) is 4.40. The molecule has 2 aromatic rings. The van der Waals surface area contributed by atoms with Crippen molar-refractivity contribution in [3.05, 3.63) is 53.7 Å². The van der Waals surface area contributed by atoms with E-state index < -0.39 is 11.6 Å². The van der Waals surface area contributed by atoms with Crippen LogP contribution in [0.25, 0.3) is 0 Å². The summed E-state index contributed by atoms with van der Waals surface area (Å²) in [6, 6.07) is 7.34. The fourth-order valence-electron chi connectivity index (χ4n) is 1.61. The fraction of sp³-hybridized carbons (Fsp3) is 0.312. The quantitative estimate of drug-likeness (QED) is 0.906. The van der Waals surface area contributed by atoms with E-state index in [4.69, 9.17) is 0 Å². The zero-order valence-corrected chi connectivity index (χ0v) is 13.1. The molecule has 0 spiro atoms. The lowest BCUT2D eigenvalue weighted by Crippen LogP contribution is -2.35. The Labute approximate surface area is 128 Å². The van der Waals surface area contributed by atoms with Gasteiger partial charge in [-0.25, -0.2) is 13.8 Å². The lowest BCUT2D eigenvalue weighted by atomic mass is 10.1. The summed E-state index contributed by atoms with van der Waals surface area (Å²) in [5.41, 5.74) is 1.11. The van der Waals surface area contributed by atoms with Crippen molar-refractivity contribution in [1.29, 1.82) is 0 Å². The van der Waals surface area contributed by atoms with E-state index in [2.05, 4.69) is 31.1 Å². The number of halogens is 2. The summed E-state index contributed by atoms with van der Waals surface area (Å²) >= 11 is 1.18. The van der Waals surface area contributed by atoms with Crippen molar-refractivity contribution in [2.24, 2.45) is 0 Å². The molecule has 0 aliphatic carbocycles. The van der Waals surface area contributed by atoms with Crippen LogP contribution in [-0.4, -0.2) is 10.5 Å². The van der Waals surface area contributed by atoms with Crippen molar-refractivity contribution in [2.45, 2.75) is 42.8 Å². The zero-order chi connectivity index (χ0) is 15.5. The van der Waals surface area contributed by atoms with Gasteiger partial charge in [0.15, 0.2) is 0 Å². The molecule has 0 bridgehead atoms. The molecule has 5 heteroatoms. The molecule has 0 saturated heterocycles. The Bertz CT molecular complexity index is 607. The molecule has 1 aromatic heterocycles. The van der Waals surface area contributed by atoms with Gasteiger partial charge in [0.1, 0.15) is 16.7 Å². The van der Waals surface area contributed by atoms with Crippen molar-refractivity contribution >= 4 is 11.8 Å². The van der Waals surface area contributed by atoms with E-state index in [-0.39, 0.29) is 5.54 Å². The number of hydrogen-bond acceptors (Lipinski definition) is 3. The van der Waals surface area contributed by atoms with Gasteiger partial charge >= 0.3 is 0 Å². The monoisotopic (exact) mass is 308 g/mol. The molecule has 0 fully saturated rings. The largest absolute Gasteiger partial charge is 0.308 e. The molecule has 0 radical (unpaired) electrons. The number of aromatic nitrogens is 1. The third-order valence-corrected chi connectivity index (χ3v) is 3.73. The summed E-state index contributed by atoms with van der Waals surface area (Å²) in [5.74, 6) is -1.14. The van der Waals surface area contributed by atoms with Gasteiger partial charge in [-0.3, -0.25) is 0 Å². The van der Waals surface area contributed by atoms with Gasteiger partial charge in [-0.1, -0.05) is 17.8 Å². The van der Waals surface area contributed by atoms with Crippen molar-refractivity contribution in [3.63, 3.8) is 0 Å². The maximum absolute atomic E-state index is 13.6. The lowest BCUT2D eigenvalue weighted by Gasteiger charge is -2.20. The molecule has 0 amide bonds. The van der Waals surface area contributed by atoms with Gasteiger partial charge in [0, 0.05) is 29.2 Å². The summed E-state index contributed by atoms with van der Waals surface area (Å²) in [7, 11) is 0. The fourth-order valence-corrected chi connectivity index (χ4v) is 2.37. The third-order valence-electron chi connectivity index (χ3n) is 2.73. The Morgan fingerprint density at radius 3 is 2.48 bits per heavy atom. The lowest BCUT2D eigenvalue weighted by molar-refractivity contribution is 0.424. The molecule has 112 valence electrons. The average Bonchev–Trinajstić information content (AvgIpc) is 2.40. The Kier molecular flexibility index (Phi) is 4.96. The van der Waals surface area contributed by atoms with Crippen LogP contribution in [-0.2, 0) is 6.54 Å². The number of rotatable bonds is 4. The van der Waals surface area contributed by atoms with Crippen LogP contribution in [0.3, 0.4) is 0 Å². The summed E-state index contributed by atoms with van der Waals surface area (Å²) in [4.78, 5) is 4.67. The van der Waals surface area contributed by atoms with Crippen LogP contribution in [0.5, 0.6) is 0 Å². The molecule has 1 aromatic carbocycles. The molecule has 21 heavy (non-hydrogen) atoms. The van der Waals surface area contributed by atoms with Gasteiger partial charge in [0.25, 0.3) is 0 Å². The van der Waals surface area contributed by atoms with Crippen molar-refractivity contribution in [2.75, 3.05) is 0 Å². The highest BCUT2D eigenvalue weighted by molar-refractivity contribution is 7.99. The maximum atomic E-state index is 13.6. The summed E-state index contributed by atoms with van der Waals surface area (Å²) < 4.78 is 26.4. The first-order valence-electron chi connectivity index (χ1n) is 6.66. The molecule has 0 atom stereocenters. The van der Waals surface area contributed by atoms with E-state index in [0.29, 0.717) is 9.92 Å². The van der Waals surface area contributed by atoms with Crippen molar-refractivity contribution in [1.82, 2.24) is 10.3 Å². The number of pyridine rings is 1. The molecule has 0 unspecified atom stereocenters. The Morgan fingerprint density at radius 2 is 1.90 bits per heavy atom. The van der Waals surface area contributed by atoms with Gasteiger partial charge in [-0.15, -0.1) is 0 Å².